The topological polar surface area (TPSA) is 37.8 Å². The maximum Gasteiger partial charge on any atom is 0.224 e. The molecule has 1 aromatic heterocycles. The first-order valence-corrected chi connectivity index (χ1v) is 7.52. The highest BCUT2D eigenvalue weighted by molar-refractivity contribution is 7.99. The molecule has 0 atom stereocenters. The van der Waals surface area contributed by atoms with Crippen LogP contribution in [0.5, 0.6) is 0 Å². The van der Waals surface area contributed by atoms with Crippen LogP contribution in [0.15, 0.2) is 58.5 Å². The first kappa shape index (κ1) is 13.8. The highest BCUT2D eigenvalue weighted by Gasteiger charge is 2.08. The van der Waals surface area contributed by atoms with Crippen LogP contribution in [-0.4, -0.2) is 16.5 Å². The average molecular weight is 299 g/mol. The number of anilines is 1. The maximum atomic E-state index is 13.0. The van der Waals surface area contributed by atoms with Crippen molar-refractivity contribution in [2.75, 3.05) is 11.9 Å². The van der Waals surface area contributed by atoms with Gasteiger partial charge in [-0.3, -0.25) is 0 Å². The zero-order chi connectivity index (χ0) is 14.7. The molecule has 0 aliphatic carbocycles. The first-order valence-electron chi connectivity index (χ1n) is 6.70. The first-order chi connectivity index (χ1) is 10.3. The van der Waals surface area contributed by atoms with Gasteiger partial charge in [-0.25, -0.2) is 14.4 Å². The Labute approximate surface area is 126 Å². The number of benzene rings is 2. The standard InChI is InChI=1S/C16H14FN3S/c1-2-18-16-19-14-6-4-3-5-13(14)15(20-16)21-12-9-7-11(17)8-10-12/h3-10H,2H2,1H3,(H,18,19,20). The quantitative estimate of drug-likeness (QED) is 0.727. The second-order valence-electron chi connectivity index (χ2n) is 4.46. The fraction of sp³-hybridized carbons (Fsp3) is 0.125. The van der Waals surface area contributed by atoms with Gasteiger partial charge in [0.15, 0.2) is 0 Å². The predicted octanol–water partition coefficient (Wildman–Crippen LogP) is 4.35. The van der Waals surface area contributed by atoms with Gasteiger partial charge in [0, 0.05) is 16.8 Å². The zero-order valence-electron chi connectivity index (χ0n) is 11.5. The van der Waals surface area contributed by atoms with Crippen molar-refractivity contribution >= 4 is 28.6 Å². The largest absolute Gasteiger partial charge is 0.354 e. The summed E-state index contributed by atoms with van der Waals surface area (Å²) in [5, 5.41) is 5.00. The second-order valence-corrected chi connectivity index (χ2v) is 5.52. The van der Waals surface area contributed by atoms with Crippen molar-refractivity contribution in [2.24, 2.45) is 0 Å². The lowest BCUT2D eigenvalue weighted by atomic mass is 10.2. The molecule has 3 nitrogen and oxygen atoms in total. The van der Waals surface area contributed by atoms with Gasteiger partial charge in [-0.15, -0.1) is 0 Å². The van der Waals surface area contributed by atoms with E-state index < -0.39 is 0 Å². The van der Waals surface area contributed by atoms with Gasteiger partial charge in [-0.2, -0.15) is 0 Å². The Bertz CT molecular complexity index is 759. The summed E-state index contributed by atoms with van der Waals surface area (Å²) >= 11 is 1.51. The molecular weight excluding hydrogens is 285 g/mol. The van der Waals surface area contributed by atoms with Crippen molar-refractivity contribution in [3.63, 3.8) is 0 Å². The number of para-hydroxylation sites is 1. The normalized spacial score (nSPS) is 10.8. The summed E-state index contributed by atoms with van der Waals surface area (Å²) in [6, 6.07) is 14.3. The Morgan fingerprint density at radius 3 is 2.57 bits per heavy atom. The number of rotatable bonds is 4. The van der Waals surface area contributed by atoms with Gasteiger partial charge in [0.2, 0.25) is 5.95 Å². The van der Waals surface area contributed by atoms with E-state index >= 15 is 0 Å². The number of fused-ring (bicyclic) bond motifs is 1. The van der Waals surface area contributed by atoms with Crippen molar-refractivity contribution in [1.29, 1.82) is 0 Å². The molecule has 0 amide bonds. The van der Waals surface area contributed by atoms with Crippen LogP contribution >= 0.6 is 11.8 Å². The number of hydrogen-bond acceptors (Lipinski definition) is 4. The van der Waals surface area contributed by atoms with Crippen LogP contribution in [0.4, 0.5) is 10.3 Å². The monoisotopic (exact) mass is 299 g/mol. The van der Waals surface area contributed by atoms with E-state index in [1.807, 2.05) is 31.2 Å². The molecule has 0 radical (unpaired) electrons. The second kappa shape index (κ2) is 6.10. The van der Waals surface area contributed by atoms with Crippen molar-refractivity contribution in [1.82, 2.24) is 9.97 Å². The minimum Gasteiger partial charge on any atom is -0.354 e. The van der Waals surface area contributed by atoms with Crippen LogP contribution in [0.3, 0.4) is 0 Å². The molecule has 3 rings (SSSR count). The lowest BCUT2D eigenvalue weighted by molar-refractivity contribution is 0.626. The predicted molar refractivity (Wildman–Crippen MR) is 84.2 cm³/mol. The highest BCUT2D eigenvalue weighted by atomic mass is 32.2. The van der Waals surface area contributed by atoms with E-state index in [9.17, 15) is 4.39 Å². The van der Waals surface area contributed by atoms with Crippen molar-refractivity contribution in [3.05, 3.63) is 54.3 Å². The third-order valence-corrected chi connectivity index (χ3v) is 3.94. The van der Waals surface area contributed by atoms with Crippen LogP contribution in [0.2, 0.25) is 0 Å². The van der Waals surface area contributed by atoms with Crippen LogP contribution in [0.1, 0.15) is 6.92 Å². The lowest BCUT2D eigenvalue weighted by Gasteiger charge is -2.08. The van der Waals surface area contributed by atoms with Crippen LogP contribution in [-0.2, 0) is 0 Å². The molecule has 0 saturated carbocycles. The number of aromatic nitrogens is 2. The Kier molecular flexibility index (Phi) is 4.01. The van der Waals surface area contributed by atoms with Crippen LogP contribution in [0.25, 0.3) is 10.9 Å². The van der Waals surface area contributed by atoms with Gasteiger partial charge in [0.1, 0.15) is 10.8 Å². The molecule has 3 aromatic rings. The summed E-state index contributed by atoms with van der Waals surface area (Å²) in [4.78, 5) is 9.99. The van der Waals surface area contributed by atoms with Crippen molar-refractivity contribution in [2.45, 2.75) is 16.8 Å². The summed E-state index contributed by atoms with van der Waals surface area (Å²) < 4.78 is 13.0. The molecule has 2 aromatic carbocycles. The van der Waals surface area contributed by atoms with Crippen molar-refractivity contribution < 1.29 is 4.39 Å². The summed E-state index contributed by atoms with van der Waals surface area (Å²) in [7, 11) is 0. The Hall–Kier alpha value is -2.14. The molecule has 0 unspecified atom stereocenters. The van der Waals surface area contributed by atoms with Gasteiger partial charge in [-0.1, -0.05) is 30.0 Å². The zero-order valence-corrected chi connectivity index (χ0v) is 12.3. The van der Waals surface area contributed by atoms with E-state index in [0.29, 0.717) is 5.95 Å². The number of nitrogens with zero attached hydrogens (tertiary/aromatic N) is 2. The molecule has 1 N–H and O–H groups in total. The third kappa shape index (κ3) is 3.13. The van der Waals surface area contributed by atoms with Gasteiger partial charge < -0.3 is 5.32 Å². The van der Waals surface area contributed by atoms with E-state index in [0.717, 1.165) is 27.4 Å². The molecule has 0 fully saturated rings. The van der Waals surface area contributed by atoms with E-state index in [2.05, 4.69) is 15.3 Å². The number of halogens is 1. The van der Waals surface area contributed by atoms with Crippen LogP contribution in [0, 0.1) is 5.82 Å². The fourth-order valence-corrected chi connectivity index (χ4v) is 2.89. The molecule has 0 aliphatic heterocycles. The minimum absolute atomic E-state index is 0.236. The Balaban J connectivity index is 2.04. The molecule has 106 valence electrons. The fourth-order valence-electron chi connectivity index (χ4n) is 1.98. The van der Waals surface area contributed by atoms with Gasteiger partial charge in [-0.05, 0) is 37.3 Å². The summed E-state index contributed by atoms with van der Waals surface area (Å²) in [5.41, 5.74) is 0.896. The number of nitrogens with one attached hydrogen (secondary N) is 1. The van der Waals surface area contributed by atoms with E-state index in [4.69, 9.17) is 0 Å². The van der Waals surface area contributed by atoms with E-state index in [-0.39, 0.29) is 5.82 Å². The van der Waals surface area contributed by atoms with Crippen LogP contribution < -0.4 is 5.32 Å². The Morgan fingerprint density at radius 2 is 1.81 bits per heavy atom. The smallest absolute Gasteiger partial charge is 0.224 e. The summed E-state index contributed by atoms with van der Waals surface area (Å²) in [5.74, 6) is 0.376. The lowest BCUT2D eigenvalue weighted by Crippen LogP contribution is -2.03. The van der Waals surface area contributed by atoms with Gasteiger partial charge in [0.05, 0.1) is 5.52 Å². The molecular formula is C16H14FN3S. The molecule has 0 saturated heterocycles. The van der Waals surface area contributed by atoms with E-state index in [1.165, 1.54) is 23.9 Å². The maximum absolute atomic E-state index is 13.0. The molecule has 1 heterocycles. The molecule has 0 bridgehead atoms. The molecule has 0 aliphatic rings. The molecule has 5 heteroatoms. The highest BCUT2D eigenvalue weighted by Crippen LogP contribution is 2.32. The average Bonchev–Trinajstić information content (AvgIpc) is 2.50. The minimum atomic E-state index is -0.236. The molecule has 21 heavy (non-hydrogen) atoms. The van der Waals surface area contributed by atoms with Gasteiger partial charge in [0.25, 0.3) is 0 Å². The summed E-state index contributed by atoms with van der Waals surface area (Å²) in [6.45, 7) is 2.77. The van der Waals surface area contributed by atoms with E-state index in [1.54, 1.807) is 12.1 Å². The summed E-state index contributed by atoms with van der Waals surface area (Å²) in [6.07, 6.45) is 0. The van der Waals surface area contributed by atoms with Crippen molar-refractivity contribution in [3.8, 4) is 0 Å². The van der Waals surface area contributed by atoms with Gasteiger partial charge >= 0.3 is 0 Å². The SMILES string of the molecule is CCNc1nc(Sc2ccc(F)cc2)c2ccccc2n1. The molecule has 0 spiro atoms. The third-order valence-electron chi connectivity index (χ3n) is 2.93. The number of hydrogen-bond donors (Lipinski definition) is 1. The Morgan fingerprint density at radius 1 is 1.05 bits per heavy atom.